The minimum absolute atomic E-state index is 0.000644. The van der Waals surface area contributed by atoms with E-state index in [1.807, 2.05) is 121 Å². The quantitative estimate of drug-likeness (QED) is 0.0992. The molecule has 6 rings (SSSR count). The van der Waals surface area contributed by atoms with Crippen LogP contribution in [0.1, 0.15) is 43.0 Å². The molecule has 0 amide bonds. The summed E-state index contributed by atoms with van der Waals surface area (Å²) in [6.45, 7) is 0.123. The molecule has 6 aromatic rings. The van der Waals surface area contributed by atoms with Crippen LogP contribution in [0.4, 0.5) is 0 Å². The summed E-state index contributed by atoms with van der Waals surface area (Å²) >= 11 is 0. The van der Waals surface area contributed by atoms with Crippen molar-refractivity contribution in [2.24, 2.45) is 0 Å². The molecule has 0 aromatic heterocycles. The molecule has 2 N–H and O–H groups in total. The number of hydrogen-bond acceptors (Lipinski definition) is 10. The van der Waals surface area contributed by atoms with Crippen molar-refractivity contribution in [2.45, 2.75) is 26.4 Å². The summed E-state index contributed by atoms with van der Waals surface area (Å²) in [6, 6.07) is 39.8. The summed E-state index contributed by atoms with van der Waals surface area (Å²) in [5, 5.41) is 24.4. The second-order valence-electron chi connectivity index (χ2n) is 12.0. The van der Waals surface area contributed by atoms with Crippen molar-refractivity contribution in [1.29, 1.82) is 0 Å². The molecule has 0 radical (unpaired) electrons. The first kappa shape index (κ1) is 36.8. The van der Waals surface area contributed by atoms with Crippen LogP contribution in [0.5, 0.6) is 34.5 Å². The summed E-state index contributed by atoms with van der Waals surface area (Å²) in [5.74, 6) is -3.28. The van der Waals surface area contributed by atoms with Crippen molar-refractivity contribution in [2.75, 3.05) is 14.2 Å². The number of carbonyl (C=O) groups is 2. The molecular formula is C44H38O10. The molecule has 10 nitrogen and oxygen atoms in total. The third kappa shape index (κ3) is 8.56. The highest BCUT2D eigenvalue weighted by atomic mass is 16.5. The minimum Gasteiger partial charge on any atom is -0.504 e. The van der Waals surface area contributed by atoms with Gasteiger partial charge in [0.1, 0.15) is 26.4 Å². The standard InChI is InChI=1S/C44H38O10/c1-49-43(47)33-23-35(51-25-29-15-7-3-8-16-29)41(53-27-31-19-11-5-12-20-31)39(45)37(33)38-34(44(48)50-2)24-36(52-26-30-17-9-4-10-18-30)42(40(38)46)54-28-32-21-13-6-14-22-32/h3-24,45-46H,25-28H2,1-2H3. The SMILES string of the molecule is COC(=O)c1cc(OCc2ccccc2)c(OCc2ccccc2)c(O)c1-c1c(C(=O)OC)cc(OCc2ccccc2)c(OCc2ccccc2)c1O. The Labute approximate surface area is 312 Å². The fourth-order valence-electron chi connectivity index (χ4n) is 5.72. The van der Waals surface area contributed by atoms with E-state index < -0.39 is 23.4 Å². The van der Waals surface area contributed by atoms with Gasteiger partial charge in [0.25, 0.3) is 0 Å². The van der Waals surface area contributed by atoms with Crippen LogP contribution in [0.15, 0.2) is 133 Å². The zero-order valence-electron chi connectivity index (χ0n) is 29.7. The van der Waals surface area contributed by atoms with Gasteiger partial charge >= 0.3 is 11.9 Å². The van der Waals surface area contributed by atoms with Crippen molar-refractivity contribution in [3.8, 4) is 45.6 Å². The number of methoxy groups -OCH3 is 2. The first-order valence-corrected chi connectivity index (χ1v) is 17.0. The van der Waals surface area contributed by atoms with E-state index in [0.717, 1.165) is 22.3 Å². The highest BCUT2D eigenvalue weighted by Gasteiger charge is 2.34. The van der Waals surface area contributed by atoms with Crippen molar-refractivity contribution in [3.05, 3.63) is 167 Å². The molecule has 0 aliphatic heterocycles. The van der Waals surface area contributed by atoms with E-state index in [1.165, 1.54) is 26.4 Å². The first-order valence-electron chi connectivity index (χ1n) is 17.0. The lowest BCUT2D eigenvalue weighted by atomic mass is 9.91. The van der Waals surface area contributed by atoms with Crippen LogP contribution in [0, 0.1) is 0 Å². The molecule has 0 atom stereocenters. The summed E-state index contributed by atoms with van der Waals surface area (Å²) < 4.78 is 35.0. The van der Waals surface area contributed by atoms with E-state index in [-0.39, 0.29) is 71.7 Å². The second kappa shape index (κ2) is 17.5. The normalized spacial score (nSPS) is 10.6. The fraction of sp³-hybridized carbons (Fsp3) is 0.136. The fourth-order valence-corrected chi connectivity index (χ4v) is 5.72. The zero-order chi connectivity index (χ0) is 37.9. The number of rotatable bonds is 15. The molecule has 0 aliphatic rings. The predicted molar refractivity (Wildman–Crippen MR) is 201 cm³/mol. The van der Waals surface area contributed by atoms with Gasteiger partial charge < -0.3 is 38.6 Å². The van der Waals surface area contributed by atoms with Crippen molar-refractivity contribution >= 4 is 11.9 Å². The maximum atomic E-state index is 13.6. The van der Waals surface area contributed by atoms with E-state index in [9.17, 15) is 19.8 Å². The van der Waals surface area contributed by atoms with Crippen molar-refractivity contribution < 1.29 is 48.2 Å². The molecular weight excluding hydrogens is 688 g/mol. The van der Waals surface area contributed by atoms with Gasteiger partial charge in [-0.25, -0.2) is 9.59 Å². The topological polar surface area (TPSA) is 130 Å². The number of phenols is 2. The van der Waals surface area contributed by atoms with Gasteiger partial charge in [0.05, 0.1) is 25.3 Å². The maximum absolute atomic E-state index is 13.6. The Bertz CT molecular complexity index is 2030. The van der Waals surface area contributed by atoms with Crippen LogP contribution < -0.4 is 18.9 Å². The highest BCUT2D eigenvalue weighted by molar-refractivity contribution is 6.08. The minimum atomic E-state index is -0.897. The van der Waals surface area contributed by atoms with Crippen LogP contribution in [-0.4, -0.2) is 36.4 Å². The van der Waals surface area contributed by atoms with Crippen LogP contribution in [0.25, 0.3) is 11.1 Å². The molecule has 10 heteroatoms. The average Bonchev–Trinajstić information content (AvgIpc) is 3.22. The maximum Gasteiger partial charge on any atom is 0.338 e. The summed E-state index contributed by atoms with van der Waals surface area (Å²) in [5.41, 5.74) is 2.13. The lowest BCUT2D eigenvalue weighted by Crippen LogP contribution is -2.12. The van der Waals surface area contributed by atoms with Gasteiger partial charge in [-0.3, -0.25) is 0 Å². The Morgan fingerprint density at radius 3 is 1.00 bits per heavy atom. The van der Waals surface area contributed by atoms with E-state index in [4.69, 9.17) is 28.4 Å². The first-order chi connectivity index (χ1) is 26.4. The largest absolute Gasteiger partial charge is 0.504 e. The van der Waals surface area contributed by atoms with E-state index >= 15 is 0 Å². The van der Waals surface area contributed by atoms with Crippen molar-refractivity contribution in [3.63, 3.8) is 0 Å². The van der Waals surface area contributed by atoms with E-state index in [1.54, 1.807) is 0 Å². The number of ether oxygens (including phenoxy) is 6. The molecule has 0 unspecified atom stereocenters. The molecule has 0 aliphatic carbocycles. The number of hydrogen-bond donors (Lipinski definition) is 2. The van der Waals surface area contributed by atoms with Crippen LogP contribution >= 0.6 is 0 Å². The lowest BCUT2D eigenvalue weighted by Gasteiger charge is -2.23. The van der Waals surface area contributed by atoms with Crippen LogP contribution in [0.2, 0.25) is 0 Å². The molecule has 0 saturated carbocycles. The Morgan fingerprint density at radius 2 is 0.722 bits per heavy atom. The highest BCUT2D eigenvalue weighted by Crippen LogP contribution is 2.54. The van der Waals surface area contributed by atoms with Gasteiger partial charge in [-0.15, -0.1) is 0 Å². The number of carbonyl (C=O) groups excluding carboxylic acids is 2. The Hall–Kier alpha value is -6.94. The molecule has 54 heavy (non-hydrogen) atoms. The lowest BCUT2D eigenvalue weighted by molar-refractivity contribution is 0.0589. The summed E-state index contributed by atoms with van der Waals surface area (Å²) in [4.78, 5) is 27.2. The number of esters is 2. The van der Waals surface area contributed by atoms with Gasteiger partial charge in [-0.2, -0.15) is 0 Å². The monoisotopic (exact) mass is 726 g/mol. The van der Waals surface area contributed by atoms with E-state index in [0.29, 0.717) is 0 Å². The molecule has 0 bridgehead atoms. The Kier molecular flexibility index (Phi) is 12.0. The third-order valence-electron chi connectivity index (χ3n) is 8.43. The van der Waals surface area contributed by atoms with Gasteiger partial charge in [-0.05, 0) is 34.4 Å². The smallest absolute Gasteiger partial charge is 0.338 e. The van der Waals surface area contributed by atoms with E-state index in [2.05, 4.69) is 0 Å². The zero-order valence-corrected chi connectivity index (χ0v) is 29.7. The second-order valence-corrected chi connectivity index (χ2v) is 12.0. The summed E-state index contributed by atoms with van der Waals surface area (Å²) in [7, 11) is 2.34. The molecule has 0 saturated heterocycles. The predicted octanol–water partition coefficient (Wildman–Crippen LogP) is 8.65. The van der Waals surface area contributed by atoms with Gasteiger partial charge in [0.2, 0.25) is 11.5 Å². The van der Waals surface area contributed by atoms with Crippen molar-refractivity contribution in [1.82, 2.24) is 0 Å². The molecule has 0 spiro atoms. The number of benzene rings is 6. The number of aromatic hydroxyl groups is 2. The van der Waals surface area contributed by atoms with Gasteiger partial charge in [0, 0.05) is 11.1 Å². The van der Waals surface area contributed by atoms with Gasteiger partial charge in [0.15, 0.2) is 23.0 Å². The Balaban J connectivity index is 1.56. The molecule has 0 heterocycles. The molecule has 274 valence electrons. The van der Waals surface area contributed by atoms with Crippen LogP contribution in [0.3, 0.4) is 0 Å². The number of phenolic OH excluding ortho intramolecular Hbond substituents is 2. The molecule has 6 aromatic carbocycles. The molecule has 0 fully saturated rings. The third-order valence-corrected chi connectivity index (χ3v) is 8.43. The van der Waals surface area contributed by atoms with Crippen LogP contribution in [-0.2, 0) is 35.9 Å². The Morgan fingerprint density at radius 1 is 0.444 bits per heavy atom. The average molecular weight is 727 g/mol. The summed E-state index contributed by atoms with van der Waals surface area (Å²) in [6.07, 6.45) is 0. The van der Waals surface area contributed by atoms with Gasteiger partial charge in [-0.1, -0.05) is 121 Å².